The van der Waals surface area contributed by atoms with E-state index in [-0.39, 0.29) is 10.5 Å². The molecule has 0 unspecified atom stereocenters. The molecular weight excluding hydrogens is 337 g/mol. The number of aliphatic imine (C=N–C) groups is 1. The fraction of sp³-hybridized carbons (Fsp3) is 0.333. The Hall–Kier alpha value is -0.560. The fourth-order valence-electron chi connectivity index (χ4n) is 1.94. The number of nitrogens with one attached hydrogen (secondary N) is 2. The van der Waals surface area contributed by atoms with Crippen LogP contribution in [0.2, 0.25) is 10.0 Å². The number of halogens is 2. The Labute approximate surface area is 135 Å². The van der Waals surface area contributed by atoms with Crippen LogP contribution in [0.3, 0.4) is 0 Å². The zero-order chi connectivity index (χ0) is 14.1. The highest BCUT2D eigenvalue weighted by molar-refractivity contribution is 8.21. The Bertz CT molecular complexity index is 588. The molecule has 2 aliphatic rings. The minimum Gasteiger partial charge on any atom is -0.352 e. The molecular formula is C12H11Cl2N3OS2. The van der Waals surface area contributed by atoms with Crippen LogP contribution in [-0.2, 0) is 11.3 Å². The molecule has 106 valence electrons. The van der Waals surface area contributed by atoms with E-state index in [0.29, 0.717) is 22.5 Å². The second-order valence-electron chi connectivity index (χ2n) is 4.24. The zero-order valence-corrected chi connectivity index (χ0v) is 13.4. The van der Waals surface area contributed by atoms with Crippen LogP contribution in [0.1, 0.15) is 5.56 Å². The number of fused-ring (bicyclic) bond motifs is 1. The van der Waals surface area contributed by atoms with Crippen LogP contribution >= 0.6 is 46.7 Å². The molecule has 0 aromatic heterocycles. The Morgan fingerprint density at radius 3 is 2.85 bits per heavy atom. The predicted octanol–water partition coefficient (Wildman–Crippen LogP) is 3.01. The average molecular weight is 348 g/mol. The number of benzene rings is 1. The van der Waals surface area contributed by atoms with Crippen LogP contribution in [0.4, 0.5) is 5.69 Å². The van der Waals surface area contributed by atoms with Crippen molar-refractivity contribution in [2.75, 3.05) is 11.5 Å². The van der Waals surface area contributed by atoms with Crippen molar-refractivity contribution in [1.29, 1.82) is 0 Å². The summed E-state index contributed by atoms with van der Waals surface area (Å²) in [6.45, 7) is 0.499. The van der Waals surface area contributed by atoms with Crippen LogP contribution in [0, 0.1) is 0 Å². The van der Waals surface area contributed by atoms with Gasteiger partial charge in [0.25, 0.3) is 0 Å². The largest absolute Gasteiger partial charge is 0.352 e. The third-order valence-electron chi connectivity index (χ3n) is 2.91. The van der Waals surface area contributed by atoms with Crippen molar-refractivity contribution in [1.82, 2.24) is 10.6 Å². The van der Waals surface area contributed by atoms with Gasteiger partial charge >= 0.3 is 0 Å². The number of guanidine groups is 1. The molecule has 3 rings (SSSR count). The van der Waals surface area contributed by atoms with Crippen molar-refractivity contribution in [3.8, 4) is 0 Å². The van der Waals surface area contributed by atoms with Gasteiger partial charge in [0.15, 0.2) is 0 Å². The van der Waals surface area contributed by atoms with Gasteiger partial charge in [0.1, 0.15) is 4.58 Å². The highest BCUT2D eigenvalue weighted by Crippen LogP contribution is 2.35. The highest BCUT2D eigenvalue weighted by Gasteiger charge is 2.26. The standard InChI is InChI=1S/C12H11Cl2N3OS2/c13-7-1-2-8-6(9(7)14)5-15-12(16-8)17-10(18)11-19-3-4-20-11/h1-2,11H,3-5H2,(H2,15,16,17,18). The fourth-order valence-corrected chi connectivity index (χ4v) is 4.93. The van der Waals surface area contributed by atoms with E-state index in [1.807, 2.05) is 0 Å². The van der Waals surface area contributed by atoms with Gasteiger partial charge in [-0.3, -0.25) is 10.1 Å². The topological polar surface area (TPSA) is 53.5 Å². The van der Waals surface area contributed by atoms with Crippen molar-refractivity contribution < 1.29 is 4.79 Å². The first kappa shape index (κ1) is 14.4. The number of carbonyl (C=O) groups excluding carboxylic acids is 1. The van der Waals surface area contributed by atoms with Gasteiger partial charge in [-0.05, 0) is 12.1 Å². The lowest BCUT2D eigenvalue weighted by atomic mass is 10.1. The molecule has 1 saturated heterocycles. The molecule has 1 amide bonds. The smallest absolute Gasteiger partial charge is 0.249 e. The summed E-state index contributed by atoms with van der Waals surface area (Å²) in [5.74, 6) is 2.47. The lowest BCUT2D eigenvalue weighted by molar-refractivity contribution is -0.117. The normalized spacial score (nSPS) is 18.2. The second kappa shape index (κ2) is 6.05. The quantitative estimate of drug-likeness (QED) is 0.819. The molecule has 0 atom stereocenters. The van der Waals surface area contributed by atoms with Crippen LogP contribution in [-0.4, -0.2) is 28.0 Å². The van der Waals surface area contributed by atoms with Crippen molar-refractivity contribution in [3.05, 3.63) is 27.7 Å². The van der Waals surface area contributed by atoms with Gasteiger partial charge in [-0.1, -0.05) is 23.2 Å². The molecule has 20 heavy (non-hydrogen) atoms. The molecule has 0 radical (unpaired) electrons. The first-order valence-corrected chi connectivity index (χ1v) is 8.84. The van der Waals surface area contributed by atoms with E-state index in [2.05, 4.69) is 15.6 Å². The monoisotopic (exact) mass is 347 g/mol. The maximum Gasteiger partial charge on any atom is 0.249 e. The van der Waals surface area contributed by atoms with Crippen LogP contribution < -0.4 is 10.6 Å². The van der Waals surface area contributed by atoms with Gasteiger partial charge in [0, 0.05) is 23.6 Å². The van der Waals surface area contributed by atoms with E-state index in [0.717, 1.165) is 22.8 Å². The predicted molar refractivity (Wildman–Crippen MR) is 87.2 cm³/mol. The number of nitrogens with zero attached hydrogens (tertiary/aromatic N) is 1. The Balaban J connectivity index is 1.77. The number of amides is 1. The number of hydrogen-bond donors (Lipinski definition) is 2. The summed E-state index contributed by atoms with van der Waals surface area (Å²) in [5.41, 5.74) is 1.59. The SMILES string of the molecule is O=C(NC1=Nc2ccc(Cl)c(Cl)c2CN1)C1SCCS1. The summed E-state index contributed by atoms with van der Waals surface area (Å²) in [6.07, 6.45) is 0. The first-order chi connectivity index (χ1) is 9.65. The maximum atomic E-state index is 12.0. The Morgan fingerprint density at radius 2 is 2.10 bits per heavy atom. The van der Waals surface area contributed by atoms with E-state index >= 15 is 0 Å². The van der Waals surface area contributed by atoms with Gasteiger partial charge in [-0.2, -0.15) is 0 Å². The van der Waals surface area contributed by atoms with E-state index < -0.39 is 0 Å². The number of thioether (sulfide) groups is 2. The zero-order valence-electron chi connectivity index (χ0n) is 10.3. The second-order valence-corrected chi connectivity index (χ2v) is 7.75. The molecule has 1 aromatic rings. The lowest BCUT2D eigenvalue weighted by Crippen LogP contribution is -2.44. The summed E-state index contributed by atoms with van der Waals surface area (Å²) in [5, 5.41) is 6.89. The van der Waals surface area contributed by atoms with Crippen molar-refractivity contribution in [2.24, 2.45) is 4.99 Å². The summed E-state index contributed by atoms with van der Waals surface area (Å²) < 4.78 is -0.0466. The molecule has 0 saturated carbocycles. The van der Waals surface area contributed by atoms with Gasteiger partial charge in [0.2, 0.25) is 11.9 Å². The molecule has 2 aliphatic heterocycles. The molecule has 1 aromatic carbocycles. The molecule has 2 N–H and O–H groups in total. The number of rotatable bonds is 1. The summed E-state index contributed by atoms with van der Waals surface area (Å²) in [7, 11) is 0. The van der Waals surface area contributed by atoms with E-state index in [1.165, 1.54) is 0 Å². The molecule has 4 nitrogen and oxygen atoms in total. The van der Waals surface area contributed by atoms with Gasteiger partial charge in [-0.25, -0.2) is 4.99 Å². The van der Waals surface area contributed by atoms with Crippen LogP contribution in [0.15, 0.2) is 17.1 Å². The summed E-state index contributed by atoms with van der Waals surface area (Å²) >= 11 is 15.4. The highest BCUT2D eigenvalue weighted by atomic mass is 35.5. The molecule has 1 fully saturated rings. The van der Waals surface area contributed by atoms with E-state index in [1.54, 1.807) is 35.7 Å². The first-order valence-electron chi connectivity index (χ1n) is 5.98. The average Bonchev–Trinajstić information content (AvgIpc) is 2.97. The van der Waals surface area contributed by atoms with Gasteiger partial charge < -0.3 is 5.32 Å². The van der Waals surface area contributed by atoms with E-state index in [4.69, 9.17) is 23.2 Å². The summed E-state index contributed by atoms with van der Waals surface area (Å²) in [4.78, 5) is 16.4. The molecule has 0 spiro atoms. The Morgan fingerprint density at radius 1 is 1.35 bits per heavy atom. The van der Waals surface area contributed by atoms with Crippen molar-refractivity contribution in [3.63, 3.8) is 0 Å². The van der Waals surface area contributed by atoms with Crippen LogP contribution in [0.5, 0.6) is 0 Å². The number of carbonyl (C=O) groups is 1. The molecule has 8 heteroatoms. The lowest BCUT2D eigenvalue weighted by Gasteiger charge is -2.20. The van der Waals surface area contributed by atoms with E-state index in [9.17, 15) is 4.79 Å². The van der Waals surface area contributed by atoms with Crippen LogP contribution in [0.25, 0.3) is 0 Å². The third kappa shape index (κ3) is 2.88. The molecule has 2 heterocycles. The maximum absolute atomic E-state index is 12.0. The molecule has 0 bridgehead atoms. The minimum absolute atomic E-state index is 0.0211. The minimum atomic E-state index is -0.0466. The van der Waals surface area contributed by atoms with Gasteiger partial charge in [0.05, 0.1) is 15.7 Å². The molecule has 0 aliphatic carbocycles. The van der Waals surface area contributed by atoms with Gasteiger partial charge in [-0.15, -0.1) is 23.5 Å². The third-order valence-corrected chi connectivity index (χ3v) is 6.75. The van der Waals surface area contributed by atoms with Crippen molar-refractivity contribution in [2.45, 2.75) is 11.1 Å². The summed E-state index contributed by atoms with van der Waals surface area (Å²) in [6, 6.07) is 3.51. The van der Waals surface area contributed by atoms with Crippen molar-refractivity contribution >= 4 is 64.3 Å². The number of hydrogen-bond acceptors (Lipinski definition) is 5. The Kier molecular flexibility index (Phi) is 4.35.